The molecule has 0 fully saturated rings. The van der Waals surface area contributed by atoms with Gasteiger partial charge >= 0.3 is 0 Å². The van der Waals surface area contributed by atoms with Gasteiger partial charge in [-0.3, -0.25) is 0 Å². The lowest BCUT2D eigenvalue weighted by atomic mass is 10.2. The highest BCUT2D eigenvalue weighted by atomic mass is 35.5. The molecular weight excluding hydrogens is 171 g/mol. The Kier molecular flexibility index (Phi) is 2.07. The fourth-order valence-corrected chi connectivity index (χ4v) is 1.28. The first-order chi connectivity index (χ1) is 4.61. The number of rotatable bonds is 0. The molecule has 10 heavy (non-hydrogen) atoms. The van der Waals surface area contributed by atoms with Gasteiger partial charge in [0.1, 0.15) is 0 Å². The molecule has 0 aliphatic rings. The third-order valence-electron chi connectivity index (χ3n) is 1.14. The Bertz CT molecular complexity index is 235. The Morgan fingerprint density at radius 1 is 1.20 bits per heavy atom. The highest BCUT2D eigenvalue weighted by molar-refractivity contribution is 6.37. The molecule has 0 saturated carbocycles. The molecule has 0 spiro atoms. The van der Waals surface area contributed by atoms with E-state index >= 15 is 0 Å². The lowest BCUT2D eigenvalue weighted by molar-refractivity contribution is -0.268. The molecule has 0 bridgehead atoms. The summed E-state index contributed by atoms with van der Waals surface area (Å²) >= 11 is 11.0. The van der Waals surface area contributed by atoms with E-state index in [0.29, 0.717) is 0 Å². The van der Waals surface area contributed by atoms with Crippen molar-refractivity contribution in [2.24, 2.45) is 0 Å². The minimum Gasteiger partial charge on any atom is -0.870 e. The summed E-state index contributed by atoms with van der Waals surface area (Å²) < 4.78 is 0. The molecule has 1 aromatic carbocycles. The number of hydrogen-bond donors (Lipinski definition) is 0. The van der Waals surface area contributed by atoms with Crippen molar-refractivity contribution in [3.05, 3.63) is 27.7 Å². The quantitative estimate of drug-likeness (QED) is 0.594. The van der Waals surface area contributed by atoms with E-state index in [1.807, 2.05) is 6.92 Å². The summed E-state index contributed by atoms with van der Waals surface area (Å²) in [5.74, 6) is -0.297. The second-order valence-corrected chi connectivity index (χ2v) is 2.87. The maximum atomic E-state index is 10.9. The maximum Gasteiger partial charge on any atom is 0.0344 e. The predicted octanol–water partition coefficient (Wildman–Crippen LogP) is 2.38. The molecule has 3 heteroatoms. The van der Waals surface area contributed by atoms with Crippen molar-refractivity contribution in [2.45, 2.75) is 6.92 Å². The molecule has 0 radical (unpaired) electrons. The molecule has 0 N–H and O–H groups in total. The topological polar surface area (TPSA) is 23.1 Å². The summed E-state index contributed by atoms with van der Waals surface area (Å²) in [6, 6.07) is 3.19. The zero-order valence-corrected chi connectivity index (χ0v) is 6.83. The van der Waals surface area contributed by atoms with Crippen molar-refractivity contribution in [3.63, 3.8) is 0 Å². The van der Waals surface area contributed by atoms with Gasteiger partial charge in [-0.25, -0.2) is 0 Å². The minimum absolute atomic E-state index is 0.185. The van der Waals surface area contributed by atoms with Crippen molar-refractivity contribution in [3.8, 4) is 5.75 Å². The Labute approximate surface area is 69.2 Å². The molecule has 1 nitrogen and oxygen atoms in total. The summed E-state index contributed by atoms with van der Waals surface area (Å²) in [7, 11) is 0. The van der Waals surface area contributed by atoms with E-state index in [-0.39, 0.29) is 15.8 Å². The van der Waals surface area contributed by atoms with E-state index in [1.165, 1.54) is 0 Å². The summed E-state index contributed by atoms with van der Waals surface area (Å²) in [6.07, 6.45) is 0. The first-order valence-corrected chi connectivity index (χ1v) is 3.49. The molecule has 1 rings (SSSR count). The van der Waals surface area contributed by atoms with Crippen LogP contribution in [0.25, 0.3) is 0 Å². The molecule has 0 aliphatic carbocycles. The molecule has 0 unspecified atom stereocenters. The predicted molar refractivity (Wildman–Crippen MR) is 40.6 cm³/mol. The number of halogens is 2. The third-order valence-corrected chi connectivity index (χ3v) is 1.70. The summed E-state index contributed by atoms with van der Waals surface area (Å²) in [5, 5.41) is 11.2. The Morgan fingerprint density at radius 3 is 2.00 bits per heavy atom. The fourth-order valence-electron chi connectivity index (χ4n) is 0.687. The molecule has 1 aromatic rings. The molecule has 0 saturated heterocycles. The summed E-state index contributed by atoms with van der Waals surface area (Å²) in [6.45, 7) is 1.83. The second-order valence-electron chi connectivity index (χ2n) is 2.06. The van der Waals surface area contributed by atoms with E-state index < -0.39 is 0 Å². The van der Waals surface area contributed by atoms with Crippen molar-refractivity contribution >= 4 is 23.2 Å². The van der Waals surface area contributed by atoms with Gasteiger partial charge in [-0.2, -0.15) is 0 Å². The number of benzene rings is 1. The zero-order valence-electron chi connectivity index (χ0n) is 5.32. The molecule has 0 aliphatic heterocycles. The summed E-state index contributed by atoms with van der Waals surface area (Å²) in [4.78, 5) is 0. The van der Waals surface area contributed by atoms with Crippen LogP contribution in [0.3, 0.4) is 0 Å². The SMILES string of the molecule is Cc1cc(Cl)c([O-])c(Cl)c1. The standard InChI is InChI=1S/C7H6Cl2O/c1-4-2-5(8)7(10)6(9)3-4/h2-3,10H,1H3/p-1. The van der Waals surface area contributed by atoms with E-state index in [2.05, 4.69) is 0 Å². The van der Waals surface area contributed by atoms with E-state index in [0.717, 1.165) is 5.56 Å². The average molecular weight is 176 g/mol. The molecule has 0 aromatic heterocycles. The summed E-state index contributed by atoms with van der Waals surface area (Å²) in [5.41, 5.74) is 0.898. The van der Waals surface area contributed by atoms with Gasteiger partial charge in [0.15, 0.2) is 0 Å². The lowest BCUT2D eigenvalue weighted by Crippen LogP contribution is -1.92. The highest BCUT2D eigenvalue weighted by Crippen LogP contribution is 2.29. The Hall–Kier alpha value is -0.400. The molecule has 0 atom stereocenters. The van der Waals surface area contributed by atoms with Crippen molar-refractivity contribution in [1.29, 1.82) is 0 Å². The smallest absolute Gasteiger partial charge is 0.0344 e. The van der Waals surface area contributed by atoms with Gasteiger partial charge in [-0.05, 0) is 24.6 Å². The third kappa shape index (κ3) is 1.36. The van der Waals surface area contributed by atoms with Gasteiger partial charge in [0, 0.05) is 10.0 Å². The van der Waals surface area contributed by atoms with Crippen LogP contribution in [0.2, 0.25) is 10.0 Å². The van der Waals surface area contributed by atoms with Crippen LogP contribution in [0.5, 0.6) is 5.75 Å². The number of aryl methyl sites for hydroxylation is 1. The second kappa shape index (κ2) is 2.69. The number of hydrogen-bond acceptors (Lipinski definition) is 1. The fraction of sp³-hybridized carbons (Fsp3) is 0.143. The van der Waals surface area contributed by atoms with Crippen LogP contribution in [-0.4, -0.2) is 0 Å². The Morgan fingerprint density at radius 2 is 1.60 bits per heavy atom. The van der Waals surface area contributed by atoms with Crippen molar-refractivity contribution < 1.29 is 5.11 Å². The van der Waals surface area contributed by atoms with Crippen LogP contribution in [-0.2, 0) is 0 Å². The van der Waals surface area contributed by atoms with Gasteiger partial charge in [-0.1, -0.05) is 29.0 Å². The normalized spacial score (nSPS) is 9.90. The first kappa shape index (κ1) is 7.70. The van der Waals surface area contributed by atoms with Crippen LogP contribution >= 0.6 is 23.2 Å². The largest absolute Gasteiger partial charge is 0.870 e. The maximum absolute atomic E-state index is 10.9. The lowest BCUT2D eigenvalue weighted by Gasteiger charge is -2.10. The van der Waals surface area contributed by atoms with Crippen molar-refractivity contribution in [2.75, 3.05) is 0 Å². The van der Waals surface area contributed by atoms with Crippen LogP contribution in [0.1, 0.15) is 5.56 Å². The minimum atomic E-state index is -0.297. The average Bonchev–Trinajstić information content (AvgIpc) is 1.82. The van der Waals surface area contributed by atoms with Gasteiger partial charge in [-0.15, -0.1) is 0 Å². The van der Waals surface area contributed by atoms with Crippen LogP contribution < -0.4 is 5.11 Å². The first-order valence-electron chi connectivity index (χ1n) is 2.74. The molecular formula is C7H5Cl2O-. The van der Waals surface area contributed by atoms with E-state index in [1.54, 1.807) is 12.1 Å². The van der Waals surface area contributed by atoms with Gasteiger partial charge in [0.25, 0.3) is 0 Å². The van der Waals surface area contributed by atoms with Crippen LogP contribution in [0, 0.1) is 6.92 Å². The Balaban J connectivity index is 3.31. The molecule has 0 amide bonds. The molecule has 54 valence electrons. The molecule has 0 heterocycles. The van der Waals surface area contributed by atoms with Crippen LogP contribution in [0.4, 0.5) is 0 Å². The van der Waals surface area contributed by atoms with Gasteiger partial charge in [0.2, 0.25) is 0 Å². The monoisotopic (exact) mass is 175 g/mol. The highest BCUT2D eigenvalue weighted by Gasteiger charge is 1.95. The van der Waals surface area contributed by atoms with Crippen molar-refractivity contribution in [1.82, 2.24) is 0 Å². The zero-order chi connectivity index (χ0) is 7.72. The van der Waals surface area contributed by atoms with Crippen LogP contribution in [0.15, 0.2) is 12.1 Å². The van der Waals surface area contributed by atoms with E-state index in [4.69, 9.17) is 23.2 Å². The van der Waals surface area contributed by atoms with E-state index in [9.17, 15) is 5.11 Å². The van der Waals surface area contributed by atoms with Gasteiger partial charge in [0.05, 0.1) is 0 Å². The van der Waals surface area contributed by atoms with Gasteiger partial charge < -0.3 is 5.11 Å².